The van der Waals surface area contributed by atoms with Crippen LogP contribution in [0.25, 0.3) is 11.3 Å². The molecule has 0 spiro atoms. The second-order valence-corrected chi connectivity index (χ2v) is 7.23. The molecule has 3 aromatic rings. The third-order valence-corrected chi connectivity index (χ3v) is 5.14. The number of hydrogen-bond donors (Lipinski definition) is 2. The number of rotatable bonds is 6. The van der Waals surface area contributed by atoms with Crippen molar-refractivity contribution in [2.45, 2.75) is 6.92 Å². The Morgan fingerprint density at radius 2 is 2.00 bits per heavy atom. The number of carbonyl (C=O) groups excluding carboxylic acids is 1. The largest absolute Gasteiger partial charge is 0.486 e. The zero-order valence-corrected chi connectivity index (χ0v) is 16.8. The molecule has 0 saturated carbocycles. The normalized spacial score (nSPS) is 12.3. The van der Waals surface area contributed by atoms with Gasteiger partial charge in [-0.1, -0.05) is 0 Å². The average Bonchev–Trinajstić information content (AvgIpc) is 3.22. The smallest absolute Gasteiger partial charge is 0.293 e. The number of thiazole rings is 1. The van der Waals surface area contributed by atoms with Crippen molar-refractivity contribution in [3.63, 3.8) is 0 Å². The van der Waals surface area contributed by atoms with E-state index in [2.05, 4.69) is 15.6 Å². The Labute approximate surface area is 175 Å². The highest BCUT2D eigenvalue weighted by molar-refractivity contribution is 7.14. The van der Waals surface area contributed by atoms with Gasteiger partial charge in [0, 0.05) is 29.1 Å². The molecule has 30 heavy (non-hydrogen) atoms. The number of fused-ring (bicyclic) bond motifs is 1. The van der Waals surface area contributed by atoms with Gasteiger partial charge in [-0.2, -0.15) is 0 Å². The van der Waals surface area contributed by atoms with Gasteiger partial charge < -0.3 is 14.8 Å². The summed E-state index contributed by atoms with van der Waals surface area (Å²) in [5, 5.41) is 19.1. The van der Waals surface area contributed by atoms with Gasteiger partial charge in [-0.25, -0.2) is 4.98 Å². The molecular formula is C20H18N4O5S. The summed E-state index contributed by atoms with van der Waals surface area (Å²) < 4.78 is 11.1. The van der Waals surface area contributed by atoms with Crippen LogP contribution in [0.2, 0.25) is 0 Å². The molecular weight excluding hydrogens is 408 g/mol. The highest BCUT2D eigenvalue weighted by Crippen LogP contribution is 2.35. The van der Waals surface area contributed by atoms with Crippen LogP contribution in [-0.4, -0.2) is 35.6 Å². The number of benzene rings is 2. The number of carbonyl (C=O) groups is 1. The van der Waals surface area contributed by atoms with Gasteiger partial charge in [-0.15, -0.1) is 11.3 Å². The van der Waals surface area contributed by atoms with E-state index < -0.39 is 10.8 Å². The molecule has 0 saturated heterocycles. The predicted molar refractivity (Wildman–Crippen MR) is 114 cm³/mol. The molecule has 9 nitrogen and oxygen atoms in total. The van der Waals surface area contributed by atoms with E-state index in [1.807, 2.05) is 30.5 Å². The molecule has 4 rings (SSSR count). The van der Waals surface area contributed by atoms with Gasteiger partial charge in [0.1, 0.15) is 18.9 Å². The van der Waals surface area contributed by atoms with Gasteiger partial charge in [0.15, 0.2) is 16.6 Å². The van der Waals surface area contributed by atoms with Gasteiger partial charge in [0.05, 0.1) is 10.6 Å². The Morgan fingerprint density at radius 1 is 1.20 bits per heavy atom. The van der Waals surface area contributed by atoms with E-state index in [9.17, 15) is 14.9 Å². The second-order valence-electron chi connectivity index (χ2n) is 6.37. The quantitative estimate of drug-likeness (QED) is 0.449. The van der Waals surface area contributed by atoms with Crippen LogP contribution in [0.3, 0.4) is 0 Å². The molecule has 2 heterocycles. The monoisotopic (exact) mass is 426 g/mol. The van der Waals surface area contributed by atoms with E-state index in [4.69, 9.17) is 9.47 Å². The number of nitro groups is 1. The summed E-state index contributed by atoms with van der Waals surface area (Å²) in [6.45, 7) is 3.39. The summed E-state index contributed by atoms with van der Waals surface area (Å²) in [6.07, 6.45) is 0. The van der Waals surface area contributed by atoms with E-state index in [0.29, 0.717) is 47.8 Å². The van der Waals surface area contributed by atoms with Crippen molar-refractivity contribution >= 4 is 33.8 Å². The number of nitrogens with one attached hydrogen (secondary N) is 2. The van der Waals surface area contributed by atoms with Crippen LogP contribution in [0.1, 0.15) is 17.3 Å². The van der Waals surface area contributed by atoms with Gasteiger partial charge in [0.25, 0.3) is 11.6 Å². The average molecular weight is 426 g/mol. The Balaban J connectivity index is 1.52. The van der Waals surface area contributed by atoms with Crippen molar-refractivity contribution < 1.29 is 19.2 Å². The standard InChI is InChI=1S/C20H18N4O5S/c1-2-21-14-5-3-13(9-16(14)24(26)27)19(25)23-20-22-15(11-30-20)12-4-6-17-18(10-12)29-8-7-28-17/h3-6,9-11,21H,2,7-8H2,1H3,(H,22,23,25). The highest BCUT2D eigenvalue weighted by atomic mass is 32.1. The van der Waals surface area contributed by atoms with Crippen molar-refractivity contribution in [1.29, 1.82) is 0 Å². The van der Waals surface area contributed by atoms with Crippen LogP contribution in [0.5, 0.6) is 11.5 Å². The number of nitrogens with zero attached hydrogens (tertiary/aromatic N) is 2. The fraction of sp³-hybridized carbons (Fsp3) is 0.200. The van der Waals surface area contributed by atoms with Crippen LogP contribution in [0.15, 0.2) is 41.8 Å². The van der Waals surface area contributed by atoms with E-state index >= 15 is 0 Å². The van der Waals surface area contributed by atoms with Gasteiger partial charge >= 0.3 is 0 Å². The zero-order valence-electron chi connectivity index (χ0n) is 16.0. The highest BCUT2D eigenvalue weighted by Gasteiger charge is 2.19. The lowest BCUT2D eigenvalue weighted by molar-refractivity contribution is -0.384. The fourth-order valence-electron chi connectivity index (χ4n) is 3.00. The number of ether oxygens (including phenoxy) is 2. The first-order chi connectivity index (χ1) is 14.5. The van der Waals surface area contributed by atoms with Crippen LogP contribution in [0, 0.1) is 10.1 Å². The lowest BCUT2D eigenvalue weighted by atomic mass is 10.1. The number of hydrogen-bond acceptors (Lipinski definition) is 8. The maximum atomic E-state index is 12.6. The fourth-order valence-corrected chi connectivity index (χ4v) is 3.71. The molecule has 1 aliphatic heterocycles. The minimum absolute atomic E-state index is 0.152. The predicted octanol–water partition coefficient (Wildman–Crippen LogP) is 4.17. The molecule has 2 N–H and O–H groups in total. The Morgan fingerprint density at radius 3 is 2.77 bits per heavy atom. The van der Waals surface area contributed by atoms with E-state index in [1.165, 1.54) is 29.5 Å². The molecule has 1 aliphatic rings. The maximum absolute atomic E-state index is 12.6. The van der Waals surface area contributed by atoms with Crippen LogP contribution >= 0.6 is 11.3 Å². The lowest BCUT2D eigenvalue weighted by Crippen LogP contribution is -2.15. The SMILES string of the molecule is CCNc1ccc(C(=O)Nc2nc(-c3ccc4c(c3)OCCO4)cs2)cc1[N+](=O)[O-]. The van der Waals surface area contributed by atoms with Gasteiger partial charge in [0.2, 0.25) is 0 Å². The lowest BCUT2D eigenvalue weighted by Gasteiger charge is -2.18. The van der Waals surface area contributed by atoms with E-state index in [0.717, 1.165) is 5.56 Å². The summed E-state index contributed by atoms with van der Waals surface area (Å²) in [6, 6.07) is 9.86. The first-order valence-electron chi connectivity index (χ1n) is 9.24. The third kappa shape index (κ3) is 4.03. The molecule has 0 unspecified atom stereocenters. The zero-order chi connectivity index (χ0) is 21.1. The number of anilines is 2. The minimum Gasteiger partial charge on any atom is -0.486 e. The van der Waals surface area contributed by atoms with Crippen molar-refractivity contribution in [3.8, 4) is 22.8 Å². The topological polar surface area (TPSA) is 116 Å². The van der Waals surface area contributed by atoms with Crippen molar-refractivity contribution in [2.75, 3.05) is 30.4 Å². The third-order valence-electron chi connectivity index (χ3n) is 4.39. The van der Waals surface area contributed by atoms with E-state index in [-0.39, 0.29) is 11.3 Å². The number of nitro benzene ring substituents is 1. The molecule has 154 valence electrons. The van der Waals surface area contributed by atoms with Crippen molar-refractivity contribution in [1.82, 2.24) is 4.98 Å². The molecule has 0 fully saturated rings. The number of aromatic nitrogens is 1. The van der Waals surface area contributed by atoms with Crippen LogP contribution in [-0.2, 0) is 0 Å². The van der Waals surface area contributed by atoms with Crippen LogP contribution in [0.4, 0.5) is 16.5 Å². The summed E-state index contributed by atoms with van der Waals surface area (Å²) in [5.41, 5.74) is 1.91. The van der Waals surface area contributed by atoms with Crippen LogP contribution < -0.4 is 20.1 Å². The minimum atomic E-state index is -0.516. The van der Waals surface area contributed by atoms with E-state index in [1.54, 1.807) is 0 Å². The summed E-state index contributed by atoms with van der Waals surface area (Å²) in [4.78, 5) is 27.8. The number of amides is 1. The maximum Gasteiger partial charge on any atom is 0.293 e. The van der Waals surface area contributed by atoms with Crippen molar-refractivity contribution in [3.05, 3.63) is 57.5 Å². The molecule has 1 amide bonds. The summed E-state index contributed by atoms with van der Waals surface area (Å²) in [7, 11) is 0. The molecule has 0 bridgehead atoms. The first kappa shape index (κ1) is 19.6. The molecule has 2 aromatic carbocycles. The second kappa shape index (κ2) is 8.37. The Hall–Kier alpha value is -3.66. The first-order valence-corrected chi connectivity index (χ1v) is 10.1. The molecule has 0 aliphatic carbocycles. The van der Waals surface area contributed by atoms with Gasteiger partial charge in [-0.3, -0.25) is 20.2 Å². The van der Waals surface area contributed by atoms with Crippen molar-refractivity contribution in [2.24, 2.45) is 0 Å². The summed E-state index contributed by atoms with van der Waals surface area (Å²) >= 11 is 1.27. The molecule has 0 radical (unpaired) electrons. The Kier molecular flexibility index (Phi) is 5.48. The van der Waals surface area contributed by atoms with Gasteiger partial charge in [-0.05, 0) is 37.3 Å². The summed E-state index contributed by atoms with van der Waals surface area (Å²) in [5.74, 6) is 0.881. The molecule has 10 heteroatoms. The molecule has 0 atom stereocenters. The Bertz CT molecular complexity index is 1110. The molecule has 1 aromatic heterocycles.